The van der Waals surface area contributed by atoms with Crippen LogP contribution in [-0.4, -0.2) is 50.4 Å². The molecule has 0 spiro atoms. The summed E-state index contributed by atoms with van der Waals surface area (Å²) in [5.41, 5.74) is 0.691. The van der Waals surface area contributed by atoms with E-state index in [0.717, 1.165) is 4.31 Å². The highest BCUT2D eigenvalue weighted by Gasteiger charge is 2.33. The average Bonchev–Trinajstić information content (AvgIpc) is 2.91. The van der Waals surface area contributed by atoms with Crippen molar-refractivity contribution < 1.29 is 22.7 Å². The Kier molecular flexibility index (Phi) is 11.5. The Morgan fingerprint density at radius 3 is 2.07 bits per heavy atom. The Hall–Kier alpha value is -2.79. The highest BCUT2D eigenvalue weighted by Crippen LogP contribution is 2.29. The van der Waals surface area contributed by atoms with E-state index in [4.69, 9.17) is 27.9 Å². The van der Waals surface area contributed by atoms with Crippen LogP contribution in [0.1, 0.15) is 33.3 Å². The number of rotatable bonds is 12. The Labute approximate surface area is 259 Å². The van der Waals surface area contributed by atoms with E-state index in [-0.39, 0.29) is 23.2 Å². The minimum atomic E-state index is -4.21. The third-order valence-corrected chi connectivity index (χ3v) is 9.13. The van der Waals surface area contributed by atoms with Gasteiger partial charge in [-0.1, -0.05) is 45.2 Å². The Bertz CT molecular complexity index is 1450. The first-order chi connectivity index (χ1) is 19.3. The fourth-order valence-electron chi connectivity index (χ4n) is 3.98. The number of nitrogens with one attached hydrogen (secondary N) is 1. The van der Waals surface area contributed by atoms with Crippen molar-refractivity contribution in [2.24, 2.45) is 0 Å². The van der Waals surface area contributed by atoms with Crippen molar-refractivity contribution in [1.82, 2.24) is 10.2 Å². The molecule has 0 aromatic heterocycles. The second-order valence-electron chi connectivity index (χ2n) is 9.45. The Balaban J connectivity index is 2.07. The van der Waals surface area contributed by atoms with Gasteiger partial charge in [0.1, 0.15) is 18.3 Å². The topological polar surface area (TPSA) is 96.0 Å². The number of halogens is 3. The quantitative estimate of drug-likeness (QED) is 0.242. The normalized spacial score (nSPS) is 12.1. The van der Waals surface area contributed by atoms with E-state index in [9.17, 15) is 18.0 Å². The lowest BCUT2D eigenvalue weighted by molar-refractivity contribution is -0.139. The van der Waals surface area contributed by atoms with Crippen LogP contribution >= 0.6 is 39.1 Å². The van der Waals surface area contributed by atoms with Crippen molar-refractivity contribution in [2.45, 2.75) is 51.2 Å². The molecule has 0 unspecified atom stereocenters. The number of ether oxygens (including phenoxy) is 1. The van der Waals surface area contributed by atoms with Gasteiger partial charge in [-0.05, 0) is 88.4 Å². The molecular formula is C29H32BrCl2N3O5S. The number of carbonyl (C=O) groups excluding carboxylic acids is 2. The molecule has 2 amide bonds. The second-order valence-corrected chi connectivity index (χ2v) is 13.0. The minimum absolute atomic E-state index is 0.00585. The first kappa shape index (κ1) is 32.7. The van der Waals surface area contributed by atoms with Crippen molar-refractivity contribution in [3.63, 3.8) is 0 Å². The van der Waals surface area contributed by atoms with Crippen LogP contribution in [0.25, 0.3) is 0 Å². The summed E-state index contributed by atoms with van der Waals surface area (Å²) >= 11 is 16.1. The highest BCUT2D eigenvalue weighted by molar-refractivity contribution is 9.10. The van der Waals surface area contributed by atoms with Crippen LogP contribution < -0.4 is 14.4 Å². The summed E-state index contributed by atoms with van der Waals surface area (Å²) in [6.07, 6.45) is 0. The van der Waals surface area contributed by atoms with Crippen molar-refractivity contribution in [2.75, 3.05) is 17.5 Å². The molecule has 0 saturated heterocycles. The fourth-order valence-corrected chi connectivity index (χ4v) is 6.17. The number of sulfonamides is 1. The van der Waals surface area contributed by atoms with Gasteiger partial charge in [0.2, 0.25) is 11.8 Å². The molecule has 3 rings (SSSR count). The zero-order valence-corrected chi connectivity index (χ0v) is 27.0. The highest BCUT2D eigenvalue weighted by atomic mass is 79.9. The maximum Gasteiger partial charge on any atom is 0.264 e. The summed E-state index contributed by atoms with van der Waals surface area (Å²) in [4.78, 5) is 28.3. The lowest BCUT2D eigenvalue weighted by Gasteiger charge is -2.32. The van der Waals surface area contributed by atoms with Crippen LogP contribution in [0.4, 0.5) is 5.69 Å². The molecule has 0 aliphatic rings. The predicted molar refractivity (Wildman–Crippen MR) is 166 cm³/mol. The van der Waals surface area contributed by atoms with Crippen LogP contribution in [0.5, 0.6) is 5.75 Å². The van der Waals surface area contributed by atoms with Gasteiger partial charge in [0.15, 0.2) is 0 Å². The van der Waals surface area contributed by atoms with Crippen molar-refractivity contribution >= 4 is 66.7 Å². The number of anilines is 1. The van der Waals surface area contributed by atoms with Gasteiger partial charge in [-0.3, -0.25) is 13.9 Å². The van der Waals surface area contributed by atoms with Crippen LogP contribution in [-0.2, 0) is 26.2 Å². The largest absolute Gasteiger partial charge is 0.494 e. The number of amides is 2. The van der Waals surface area contributed by atoms with Gasteiger partial charge in [-0.25, -0.2) is 8.42 Å². The summed E-state index contributed by atoms with van der Waals surface area (Å²) in [6, 6.07) is 16.3. The molecule has 1 atom stereocenters. The van der Waals surface area contributed by atoms with E-state index < -0.39 is 34.4 Å². The lowest BCUT2D eigenvalue weighted by atomic mass is 10.1. The van der Waals surface area contributed by atoms with Crippen molar-refractivity contribution in [3.8, 4) is 5.75 Å². The molecule has 220 valence electrons. The number of hydrogen-bond donors (Lipinski definition) is 1. The second kappa shape index (κ2) is 14.4. The van der Waals surface area contributed by atoms with Gasteiger partial charge in [0.25, 0.3) is 10.0 Å². The predicted octanol–water partition coefficient (Wildman–Crippen LogP) is 6.29. The van der Waals surface area contributed by atoms with E-state index in [0.29, 0.717) is 32.4 Å². The molecule has 41 heavy (non-hydrogen) atoms. The molecule has 0 aliphatic heterocycles. The van der Waals surface area contributed by atoms with Gasteiger partial charge >= 0.3 is 0 Å². The van der Waals surface area contributed by atoms with E-state index in [2.05, 4.69) is 21.2 Å². The molecule has 0 heterocycles. The van der Waals surface area contributed by atoms with Crippen molar-refractivity contribution in [1.29, 1.82) is 0 Å². The maximum absolute atomic E-state index is 14.0. The number of benzene rings is 3. The molecule has 12 heteroatoms. The number of hydrogen-bond acceptors (Lipinski definition) is 5. The molecule has 3 aromatic rings. The molecule has 0 aliphatic carbocycles. The summed E-state index contributed by atoms with van der Waals surface area (Å²) < 4.78 is 35.1. The average molecular weight is 685 g/mol. The van der Waals surface area contributed by atoms with Gasteiger partial charge < -0.3 is 15.0 Å². The molecule has 8 nitrogen and oxygen atoms in total. The van der Waals surface area contributed by atoms with E-state index in [1.165, 1.54) is 17.0 Å². The number of nitrogens with zero attached hydrogens (tertiary/aromatic N) is 2. The van der Waals surface area contributed by atoms with Crippen LogP contribution in [0, 0.1) is 0 Å². The first-order valence-corrected chi connectivity index (χ1v) is 15.9. The smallest absolute Gasteiger partial charge is 0.264 e. The third kappa shape index (κ3) is 8.38. The van der Waals surface area contributed by atoms with Crippen LogP contribution in [0.15, 0.2) is 76.1 Å². The van der Waals surface area contributed by atoms with E-state index in [1.54, 1.807) is 75.4 Å². The molecule has 0 bridgehead atoms. The molecule has 0 radical (unpaired) electrons. The van der Waals surface area contributed by atoms with Gasteiger partial charge in [-0.15, -0.1) is 0 Å². The summed E-state index contributed by atoms with van der Waals surface area (Å²) in [6.45, 7) is 6.76. The van der Waals surface area contributed by atoms with Crippen molar-refractivity contribution in [3.05, 3.63) is 86.8 Å². The molecule has 1 N–H and O–H groups in total. The van der Waals surface area contributed by atoms with Gasteiger partial charge in [0.05, 0.1) is 17.2 Å². The third-order valence-electron chi connectivity index (χ3n) is 6.10. The summed E-state index contributed by atoms with van der Waals surface area (Å²) in [7, 11) is -4.21. The monoisotopic (exact) mass is 683 g/mol. The van der Waals surface area contributed by atoms with E-state index in [1.807, 2.05) is 6.92 Å². The maximum atomic E-state index is 14.0. The Morgan fingerprint density at radius 1 is 0.951 bits per heavy atom. The van der Waals surface area contributed by atoms with Gasteiger partial charge in [-0.2, -0.15) is 0 Å². The van der Waals surface area contributed by atoms with E-state index >= 15 is 0 Å². The number of carbonyl (C=O) groups is 2. The van der Waals surface area contributed by atoms with Crippen LogP contribution in [0.2, 0.25) is 10.0 Å². The SMILES string of the molecule is CCOc1ccc(N(CC(=O)N(Cc2c(Cl)cccc2Cl)[C@H](C)C(=O)NC(C)C)S(=O)(=O)c2ccc(Br)cc2)cc1. The first-order valence-electron chi connectivity index (χ1n) is 12.9. The van der Waals surface area contributed by atoms with Gasteiger partial charge in [0, 0.05) is 32.7 Å². The molecule has 0 fully saturated rings. The molecule has 0 saturated carbocycles. The van der Waals surface area contributed by atoms with Crippen LogP contribution in [0.3, 0.4) is 0 Å². The fraction of sp³-hybridized carbons (Fsp3) is 0.310. The minimum Gasteiger partial charge on any atom is -0.494 e. The Morgan fingerprint density at radius 2 is 1.54 bits per heavy atom. The zero-order chi connectivity index (χ0) is 30.3. The molecule has 3 aromatic carbocycles. The molecular weight excluding hydrogens is 653 g/mol. The summed E-state index contributed by atoms with van der Waals surface area (Å²) in [5.74, 6) is -0.473. The summed E-state index contributed by atoms with van der Waals surface area (Å²) in [5, 5.41) is 3.44. The zero-order valence-electron chi connectivity index (χ0n) is 23.1. The standard InChI is InChI=1S/C29H32BrCl2N3O5S/c1-5-40-23-13-11-22(12-14-23)35(41(38,39)24-15-9-21(30)10-16-24)18-28(36)34(20(4)29(37)33-19(2)3)17-25-26(31)7-6-8-27(25)32/h6-16,19-20H,5,17-18H2,1-4H3,(H,33,37)/t20-/m1/s1. The lowest BCUT2D eigenvalue weighted by Crippen LogP contribution is -2.52.